The number of benzene rings is 1. The van der Waals surface area contributed by atoms with Gasteiger partial charge < -0.3 is 19.4 Å². The Morgan fingerprint density at radius 1 is 1.22 bits per heavy atom. The molecule has 0 spiro atoms. The van der Waals surface area contributed by atoms with Gasteiger partial charge in [-0.2, -0.15) is 0 Å². The van der Waals surface area contributed by atoms with Gasteiger partial charge in [0.25, 0.3) is 0 Å². The first-order chi connectivity index (χ1) is 15.3. The second-order valence-corrected chi connectivity index (χ2v) is 9.35. The molecule has 0 bridgehead atoms. The number of carbonyl (C=O) groups is 2. The minimum atomic E-state index is -0.434. The molecule has 11 heteroatoms. The van der Waals surface area contributed by atoms with Gasteiger partial charge in [0.1, 0.15) is 17.4 Å². The summed E-state index contributed by atoms with van der Waals surface area (Å²) in [7, 11) is 1.81. The smallest absolute Gasteiger partial charge is 0.341 e. The highest BCUT2D eigenvalue weighted by molar-refractivity contribution is 7.99. The number of thioether (sulfide) groups is 1. The van der Waals surface area contributed by atoms with Crippen LogP contribution >= 0.6 is 34.7 Å². The van der Waals surface area contributed by atoms with E-state index in [1.54, 1.807) is 35.8 Å². The molecule has 0 aliphatic carbocycles. The first-order valence-electron chi connectivity index (χ1n) is 9.76. The fourth-order valence-corrected chi connectivity index (χ4v) is 4.65. The second kappa shape index (κ2) is 10.8. The summed E-state index contributed by atoms with van der Waals surface area (Å²) in [6, 6.07) is 7.04. The molecule has 32 heavy (non-hydrogen) atoms. The molecular formula is C21H23ClN4O4S2. The van der Waals surface area contributed by atoms with E-state index in [2.05, 4.69) is 15.5 Å². The van der Waals surface area contributed by atoms with Crippen molar-refractivity contribution in [2.75, 3.05) is 17.7 Å². The number of anilines is 1. The number of carbonyl (C=O) groups excluding carboxylic acids is 2. The van der Waals surface area contributed by atoms with Crippen molar-refractivity contribution in [1.29, 1.82) is 0 Å². The van der Waals surface area contributed by atoms with Gasteiger partial charge in [-0.1, -0.05) is 23.4 Å². The highest BCUT2D eigenvalue weighted by atomic mass is 35.5. The molecule has 0 fully saturated rings. The van der Waals surface area contributed by atoms with Gasteiger partial charge in [-0.25, -0.2) is 4.79 Å². The average Bonchev–Trinajstić information content (AvgIpc) is 3.24. The highest BCUT2D eigenvalue weighted by Gasteiger charge is 2.22. The number of amides is 1. The molecule has 0 saturated heterocycles. The number of aromatic nitrogens is 3. The summed E-state index contributed by atoms with van der Waals surface area (Å²) in [5.74, 6) is 0.726. The quantitative estimate of drug-likeness (QED) is 0.342. The number of ether oxygens (including phenoxy) is 2. The van der Waals surface area contributed by atoms with Crippen molar-refractivity contribution in [3.63, 3.8) is 0 Å². The molecule has 0 radical (unpaired) electrons. The SMILES string of the molecule is CCOC(=O)c1c(NC(=O)CSc2nnc(COc3ccc(Cl)cc3)n2C)sc(C)c1C. The van der Waals surface area contributed by atoms with Crippen molar-refractivity contribution >= 4 is 51.6 Å². The average molecular weight is 495 g/mol. The molecule has 170 valence electrons. The summed E-state index contributed by atoms with van der Waals surface area (Å²) in [6.45, 7) is 5.99. The lowest BCUT2D eigenvalue weighted by molar-refractivity contribution is -0.113. The van der Waals surface area contributed by atoms with Gasteiger partial charge in [-0.3, -0.25) is 4.79 Å². The van der Waals surface area contributed by atoms with Crippen LogP contribution < -0.4 is 10.1 Å². The van der Waals surface area contributed by atoms with E-state index in [9.17, 15) is 9.59 Å². The standard InChI is InChI=1S/C21H23ClN4O4S2/c1-5-29-20(28)18-12(2)13(3)32-19(18)23-17(27)11-31-21-25-24-16(26(21)4)10-30-15-8-6-14(22)7-9-15/h6-9H,5,10-11H2,1-4H3,(H,23,27). The molecule has 0 atom stereocenters. The van der Waals surface area contributed by atoms with Crippen LogP contribution in [0.4, 0.5) is 5.00 Å². The van der Waals surface area contributed by atoms with E-state index in [0.29, 0.717) is 32.3 Å². The number of hydrogen-bond donors (Lipinski definition) is 1. The van der Waals surface area contributed by atoms with Crippen molar-refractivity contribution in [1.82, 2.24) is 14.8 Å². The number of esters is 1. The predicted octanol–water partition coefficient (Wildman–Crippen LogP) is 4.63. The van der Waals surface area contributed by atoms with Gasteiger partial charge in [-0.15, -0.1) is 21.5 Å². The van der Waals surface area contributed by atoms with Crippen molar-refractivity contribution in [2.24, 2.45) is 7.05 Å². The maximum absolute atomic E-state index is 12.5. The van der Waals surface area contributed by atoms with Crippen molar-refractivity contribution in [3.05, 3.63) is 51.1 Å². The summed E-state index contributed by atoms with van der Waals surface area (Å²) in [5, 5.41) is 12.8. The summed E-state index contributed by atoms with van der Waals surface area (Å²) in [4.78, 5) is 25.8. The van der Waals surface area contributed by atoms with Crippen LogP contribution in [0.5, 0.6) is 5.75 Å². The molecule has 0 aliphatic heterocycles. The minimum Gasteiger partial charge on any atom is -0.486 e. The largest absolute Gasteiger partial charge is 0.486 e. The Labute approximate surface area is 199 Å². The van der Waals surface area contributed by atoms with Gasteiger partial charge in [0.05, 0.1) is 17.9 Å². The van der Waals surface area contributed by atoms with Gasteiger partial charge in [0.15, 0.2) is 11.0 Å². The molecule has 1 N–H and O–H groups in total. The Hall–Kier alpha value is -2.56. The first-order valence-corrected chi connectivity index (χ1v) is 11.9. The minimum absolute atomic E-state index is 0.113. The molecular weight excluding hydrogens is 472 g/mol. The molecule has 8 nitrogen and oxygen atoms in total. The fourth-order valence-electron chi connectivity index (χ4n) is 2.73. The monoisotopic (exact) mass is 494 g/mol. The Balaban J connectivity index is 1.58. The first kappa shape index (κ1) is 24.1. The lowest BCUT2D eigenvalue weighted by atomic mass is 10.1. The molecule has 0 saturated carbocycles. The van der Waals surface area contributed by atoms with E-state index in [0.717, 1.165) is 10.4 Å². The molecule has 2 aromatic heterocycles. The van der Waals surface area contributed by atoms with Crippen molar-refractivity contribution in [3.8, 4) is 5.75 Å². The third kappa shape index (κ3) is 5.81. The zero-order chi connectivity index (χ0) is 23.3. The Morgan fingerprint density at radius 3 is 2.62 bits per heavy atom. The highest BCUT2D eigenvalue weighted by Crippen LogP contribution is 2.33. The number of halogens is 1. The van der Waals surface area contributed by atoms with Crippen LogP contribution in [0.25, 0.3) is 0 Å². The number of thiophene rings is 1. The van der Waals surface area contributed by atoms with E-state index < -0.39 is 5.97 Å². The zero-order valence-electron chi connectivity index (χ0n) is 18.1. The maximum atomic E-state index is 12.5. The van der Waals surface area contributed by atoms with Crippen LogP contribution in [0.15, 0.2) is 29.4 Å². The van der Waals surface area contributed by atoms with Crippen LogP contribution in [0.2, 0.25) is 5.02 Å². The van der Waals surface area contributed by atoms with E-state index >= 15 is 0 Å². The number of hydrogen-bond acceptors (Lipinski definition) is 8. The van der Waals surface area contributed by atoms with Gasteiger partial charge in [0.2, 0.25) is 5.91 Å². The van der Waals surface area contributed by atoms with Crippen LogP contribution in [0.1, 0.15) is 33.5 Å². The Bertz CT molecular complexity index is 1110. The van der Waals surface area contributed by atoms with Crippen molar-refractivity contribution in [2.45, 2.75) is 32.5 Å². The summed E-state index contributed by atoms with van der Waals surface area (Å²) < 4.78 is 12.6. The summed E-state index contributed by atoms with van der Waals surface area (Å²) in [5.41, 5.74) is 1.23. The number of nitrogens with zero attached hydrogens (tertiary/aromatic N) is 3. The third-order valence-corrected chi connectivity index (χ3v) is 6.95. The van der Waals surface area contributed by atoms with E-state index in [-0.39, 0.29) is 24.9 Å². The summed E-state index contributed by atoms with van der Waals surface area (Å²) in [6.07, 6.45) is 0. The Kier molecular flexibility index (Phi) is 8.16. The number of aryl methyl sites for hydroxylation is 1. The number of nitrogens with one attached hydrogen (secondary N) is 1. The third-order valence-electron chi connectivity index (χ3n) is 4.56. The molecule has 3 aromatic rings. The molecule has 0 unspecified atom stereocenters. The van der Waals surface area contributed by atoms with E-state index in [1.807, 2.05) is 20.9 Å². The van der Waals surface area contributed by atoms with Crippen LogP contribution in [-0.4, -0.2) is 39.0 Å². The maximum Gasteiger partial charge on any atom is 0.341 e. The van der Waals surface area contributed by atoms with Gasteiger partial charge in [0, 0.05) is 16.9 Å². The lowest BCUT2D eigenvalue weighted by Crippen LogP contribution is -2.16. The topological polar surface area (TPSA) is 95.3 Å². The molecule has 3 rings (SSSR count). The van der Waals surface area contributed by atoms with Crippen molar-refractivity contribution < 1.29 is 19.1 Å². The van der Waals surface area contributed by atoms with Gasteiger partial charge >= 0.3 is 5.97 Å². The fraction of sp³-hybridized carbons (Fsp3) is 0.333. The number of rotatable bonds is 9. The zero-order valence-corrected chi connectivity index (χ0v) is 20.5. The van der Waals surface area contributed by atoms with E-state index in [4.69, 9.17) is 21.1 Å². The van der Waals surface area contributed by atoms with Gasteiger partial charge in [-0.05, 0) is 50.6 Å². The molecule has 0 aliphatic rings. The predicted molar refractivity (Wildman–Crippen MR) is 126 cm³/mol. The van der Waals surface area contributed by atoms with Crippen LogP contribution in [0.3, 0.4) is 0 Å². The summed E-state index contributed by atoms with van der Waals surface area (Å²) >= 11 is 8.48. The second-order valence-electron chi connectivity index (χ2n) is 6.75. The normalized spacial score (nSPS) is 10.8. The van der Waals surface area contributed by atoms with Crippen LogP contribution in [0, 0.1) is 13.8 Å². The van der Waals surface area contributed by atoms with E-state index in [1.165, 1.54) is 23.1 Å². The van der Waals surface area contributed by atoms with Crippen LogP contribution in [-0.2, 0) is 23.2 Å². The lowest BCUT2D eigenvalue weighted by Gasteiger charge is -2.08. The molecule has 2 heterocycles. The molecule has 1 aromatic carbocycles. The Morgan fingerprint density at radius 2 is 1.94 bits per heavy atom. The molecule has 1 amide bonds.